The Morgan fingerprint density at radius 2 is 1.70 bits per heavy atom. The summed E-state index contributed by atoms with van der Waals surface area (Å²) >= 11 is 0. The van der Waals surface area contributed by atoms with Crippen LogP contribution in [0.1, 0.15) is 31.2 Å². The van der Waals surface area contributed by atoms with Crippen LogP contribution in [0.4, 0.5) is 0 Å². The maximum absolute atomic E-state index is 12.7. The van der Waals surface area contributed by atoms with Gasteiger partial charge in [0.05, 0.1) is 4.90 Å². The van der Waals surface area contributed by atoms with Gasteiger partial charge in [-0.25, -0.2) is 8.42 Å². The predicted molar refractivity (Wildman–Crippen MR) is 101 cm³/mol. The van der Waals surface area contributed by atoms with Crippen LogP contribution >= 0.6 is 0 Å². The van der Waals surface area contributed by atoms with E-state index in [2.05, 4.69) is 5.32 Å². The fourth-order valence-corrected chi connectivity index (χ4v) is 4.56. The quantitative estimate of drug-likeness (QED) is 0.704. The number of piperazine rings is 1. The zero-order valence-electron chi connectivity index (χ0n) is 15.7. The molecule has 2 aliphatic rings. The zero-order valence-corrected chi connectivity index (χ0v) is 16.5. The van der Waals surface area contributed by atoms with Crippen LogP contribution in [-0.2, 0) is 19.6 Å². The number of nitrogens with zero attached hydrogens (tertiary/aromatic N) is 2. The highest BCUT2D eigenvalue weighted by Gasteiger charge is 2.30. The molecule has 7 nitrogen and oxygen atoms in total. The smallest absolute Gasteiger partial charge is 0.243 e. The highest BCUT2D eigenvalue weighted by atomic mass is 32.2. The molecule has 1 aromatic rings. The first-order chi connectivity index (χ1) is 12.9. The van der Waals surface area contributed by atoms with Crippen LogP contribution in [0.2, 0.25) is 0 Å². The van der Waals surface area contributed by atoms with Crippen LogP contribution in [0.25, 0.3) is 0 Å². The Labute approximate surface area is 160 Å². The molecule has 1 aromatic carbocycles. The summed E-state index contributed by atoms with van der Waals surface area (Å²) in [6.07, 6.45) is 2.93. The van der Waals surface area contributed by atoms with Gasteiger partial charge in [0.25, 0.3) is 0 Å². The first-order valence-corrected chi connectivity index (χ1v) is 10.9. The molecule has 8 heteroatoms. The molecule has 148 valence electrons. The zero-order chi connectivity index (χ0) is 19.4. The van der Waals surface area contributed by atoms with E-state index in [1.807, 2.05) is 6.92 Å². The van der Waals surface area contributed by atoms with E-state index in [1.54, 1.807) is 29.2 Å². The van der Waals surface area contributed by atoms with Crippen molar-refractivity contribution in [3.8, 4) is 0 Å². The third kappa shape index (κ3) is 5.07. The number of carbonyl (C=O) groups excluding carboxylic acids is 2. The Balaban J connectivity index is 1.43. The van der Waals surface area contributed by atoms with Crippen LogP contribution in [0, 0.1) is 12.8 Å². The second-order valence-electron chi connectivity index (χ2n) is 7.27. The molecule has 2 fully saturated rings. The number of amides is 2. The van der Waals surface area contributed by atoms with Gasteiger partial charge in [-0.2, -0.15) is 4.31 Å². The van der Waals surface area contributed by atoms with Crippen LogP contribution in [0.5, 0.6) is 0 Å². The fraction of sp³-hybridized carbons (Fsp3) is 0.579. The van der Waals surface area contributed by atoms with E-state index >= 15 is 0 Å². The summed E-state index contributed by atoms with van der Waals surface area (Å²) in [7, 11) is -3.51. The van der Waals surface area contributed by atoms with E-state index in [0.29, 0.717) is 50.5 Å². The molecule has 1 N–H and O–H groups in total. The van der Waals surface area contributed by atoms with Crippen molar-refractivity contribution in [3.63, 3.8) is 0 Å². The highest BCUT2D eigenvalue weighted by Crippen LogP contribution is 2.28. The standard InChI is InChI=1S/C19H27N3O4S/c1-15-4-8-17(9-5-15)27(25,26)22-13-11-21(12-14-22)18(23)3-2-10-20-19(24)16-6-7-16/h4-5,8-9,16H,2-3,6-7,10-14H2,1H3,(H,20,24). The van der Waals surface area contributed by atoms with Gasteiger partial charge in [-0.05, 0) is 38.3 Å². The summed E-state index contributed by atoms with van der Waals surface area (Å²) in [5.74, 6) is 0.296. The van der Waals surface area contributed by atoms with Crippen molar-refractivity contribution in [1.82, 2.24) is 14.5 Å². The molecule has 0 radical (unpaired) electrons. The van der Waals surface area contributed by atoms with E-state index in [4.69, 9.17) is 0 Å². The number of hydrogen-bond acceptors (Lipinski definition) is 4. The molecule has 2 amide bonds. The van der Waals surface area contributed by atoms with Crippen LogP contribution in [0.3, 0.4) is 0 Å². The molecule has 1 aliphatic heterocycles. The normalized spacial score (nSPS) is 18.3. The van der Waals surface area contributed by atoms with Crippen LogP contribution < -0.4 is 5.32 Å². The van der Waals surface area contributed by atoms with Crippen molar-refractivity contribution in [1.29, 1.82) is 0 Å². The van der Waals surface area contributed by atoms with Gasteiger partial charge in [0, 0.05) is 45.1 Å². The Hall–Kier alpha value is -1.93. The topological polar surface area (TPSA) is 86.8 Å². The summed E-state index contributed by atoms with van der Waals surface area (Å²) in [5, 5.41) is 2.85. The third-order valence-corrected chi connectivity index (χ3v) is 6.98. The Bertz CT molecular complexity index is 780. The largest absolute Gasteiger partial charge is 0.356 e. The van der Waals surface area contributed by atoms with E-state index < -0.39 is 10.0 Å². The van der Waals surface area contributed by atoms with E-state index in [1.165, 1.54) is 4.31 Å². The second kappa shape index (κ2) is 8.39. The summed E-state index contributed by atoms with van der Waals surface area (Å²) in [5.41, 5.74) is 1.01. The fourth-order valence-electron chi connectivity index (χ4n) is 3.14. The molecule has 0 unspecified atom stereocenters. The number of nitrogens with one attached hydrogen (secondary N) is 1. The minimum atomic E-state index is -3.51. The van der Waals surface area contributed by atoms with Gasteiger partial charge < -0.3 is 10.2 Å². The minimum Gasteiger partial charge on any atom is -0.356 e. The maximum Gasteiger partial charge on any atom is 0.243 e. The summed E-state index contributed by atoms with van der Waals surface area (Å²) in [4.78, 5) is 25.8. The molecule has 0 bridgehead atoms. The first-order valence-electron chi connectivity index (χ1n) is 9.50. The summed E-state index contributed by atoms with van der Waals surface area (Å²) < 4.78 is 26.8. The van der Waals surface area contributed by atoms with Gasteiger partial charge in [0.2, 0.25) is 21.8 Å². The van der Waals surface area contributed by atoms with Crippen molar-refractivity contribution in [2.24, 2.45) is 5.92 Å². The molecule has 1 saturated heterocycles. The number of sulfonamides is 1. The first kappa shape index (κ1) is 19.8. The van der Waals surface area contributed by atoms with Crippen molar-refractivity contribution in [2.75, 3.05) is 32.7 Å². The molecule has 0 aromatic heterocycles. The molecule has 1 heterocycles. The van der Waals surface area contributed by atoms with Crippen LogP contribution in [0.15, 0.2) is 29.2 Å². The molecule has 3 rings (SSSR count). The number of rotatable bonds is 7. The van der Waals surface area contributed by atoms with Gasteiger partial charge in [-0.15, -0.1) is 0 Å². The molecule has 27 heavy (non-hydrogen) atoms. The molecular weight excluding hydrogens is 366 g/mol. The molecule has 1 aliphatic carbocycles. The molecular formula is C19H27N3O4S. The summed E-state index contributed by atoms with van der Waals surface area (Å²) in [6, 6.07) is 6.82. The molecule has 1 saturated carbocycles. The maximum atomic E-state index is 12.7. The molecule has 0 atom stereocenters. The Morgan fingerprint density at radius 3 is 2.30 bits per heavy atom. The van der Waals surface area contributed by atoms with Crippen molar-refractivity contribution in [2.45, 2.75) is 37.5 Å². The van der Waals surface area contributed by atoms with E-state index in [9.17, 15) is 18.0 Å². The Morgan fingerprint density at radius 1 is 1.07 bits per heavy atom. The SMILES string of the molecule is Cc1ccc(S(=O)(=O)N2CCN(C(=O)CCCNC(=O)C3CC3)CC2)cc1. The average molecular weight is 394 g/mol. The van der Waals surface area contributed by atoms with E-state index in [-0.39, 0.29) is 17.7 Å². The average Bonchev–Trinajstić information content (AvgIpc) is 3.50. The molecule has 0 spiro atoms. The van der Waals surface area contributed by atoms with Gasteiger partial charge >= 0.3 is 0 Å². The minimum absolute atomic E-state index is 0.0167. The lowest BCUT2D eigenvalue weighted by atomic mass is 10.2. The number of benzene rings is 1. The van der Waals surface area contributed by atoms with Gasteiger partial charge in [0.15, 0.2) is 0 Å². The van der Waals surface area contributed by atoms with Crippen LogP contribution in [-0.4, -0.2) is 62.2 Å². The lowest BCUT2D eigenvalue weighted by Gasteiger charge is -2.34. The monoisotopic (exact) mass is 393 g/mol. The van der Waals surface area contributed by atoms with Crippen molar-refractivity contribution in [3.05, 3.63) is 29.8 Å². The summed E-state index contributed by atoms with van der Waals surface area (Å²) in [6.45, 7) is 3.85. The van der Waals surface area contributed by atoms with Gasteiger partial charge in [0.1, 0.15) is 0 Å². The number of aryl methyl sites for hydroxylation is 1. The highest BCUT2D eigenvalue weighted by molar-refractivity contribution is 7.89. The van der Waals surface area contributed by atoms with Gasteiger partial charge in [-0.1, -0.05) is 17.7 Å². The Kier molecular flexibility index (Phi) is 6.16. The third-order valence-electron chi connectivity index (χ3n) is 5.06. The predicted octanol–water partition coefficient (Wildman–Crippen LogP) is 1.13. The number of hydrogen-bond donors (Lipinski definition) is 1. The number of carbonyl (C=O) groups is 2. The van der Waals surface area contributed by atoms with Crippen molar-refractivity contribution < 1.29 is 18.0 Å². The lowest BCUT2D eigenvalue weighted by Crippen LogP contribution is -2.50. The lowest BCUT2D eigenvalue weighted by molar-refractivity contribution is -0.132. The van der Waals surface area contributed by atoms with Crippen molar-refractivity contribution >= 4 is 21.8 Å². The second-order valence-corrected chi connectivity index (χ2v) is 9.20. The van der Waals surface area contributed by atoms with Gasteiger partial charge in [-0.3, -0.25) is 9.59 Å². The van der Waals surface area contributed by atoms with E-state index in [0.717, 1.165) is 18.4 Å².